The first kappa shape index (κ1) is 23.8. The molecular weight excluding hydrogens is 472 g/mol. The molecule has 0 bridgehead atoms. The molecule has 4 rings (SSSR count). The van der Waals surface area contributed by atoms with Crippen LogP contribution < -0.4 is 4.90 Å². The Morgan fingerprint density at radius 1 is 1.12 bits per heavy atom. The van der Waals surface area contributed by atoms with Crippen molar-refractivity contribution in [1.29, 1.82) is 0 Å². The van der Waals surface area contributed by atoms with Crippen LogP contribution >= 0.6 is 34.7 Å². The van der Waals surface area contributed by atoms with E-state index in [0.29, 0.717) is 35.4 Å². The molecule has 8 heteroatoms. The van der Waals surface area contributed by atoms with Crippen LogP contribution in [0.5, 0.6) is 0 Å². The highest BCUT2D eigenvalue weighted by atomic mass is 35.5. The maximum atomic E-state index is 13.4. The maximum absolute atomic E-state index is 13.4. The lowest BCUT2D eigenvalue weighted by Crippen LogP contribution is -2.34. The number of thiazole rings is 1. The number of thioether (sulfide) groups is 1. The van der Waals surface area contributed by atoms with Gasteiger partial charge in [-0.3, -0.25) is 14.4 Å². The highest BCUT2D eigenvalue weighted by Crippen LogP contribution is 2.34. The number of benzene rings is 2. The third-order valence-corrected chi connectivity index (χ3v) is 7.98. The molecular formula is C25H27ClN4OS2. The Balaban J connectivity index is 1.53. The molecule has 33 heavy (non-hydrogen) atoms. The zero-order valence-corrected chi connectivity index (χ0v) is 21.7. The molecule has 0 unspecified atom stereocenters. The van der Waals surface area contributed by atoms with E-state index in [-0.39, 0.29) is 5.91 Å². The van der Waals surface area contributed by atoms with E-state index in [2.05, 4.69) is 36.3 Å². The maximum Gasteiger partial charge on any atom is 0.229 e. The third kappa shape index (κ3) is 5.60. The van der Waals surface area contributed by atoms with Gasteiger partial charge in [0.1, 0.15) is 0 Å². The fourth-order valence-electron chi connectivity index (χ4n) is 3.65. The number of hydrogen-bond acceptors (Lipinski definition) is 5. The summed E-state index contributed by atoms with van der Waals surface area (Å²) in [5.74, 6) is 0.785. The first-order valence-electron chi connectivity index (χ1n) is 10.9. The van der Waals surface area contributed by atoms with Crippen molar-refractivity contribution in [2.45, 2.75) is 45.6 Å². The van der Waals surface area contributed by atoms with Gasteiger partial charge in [-0.05, 0) is 63.6 Å². The predicted molar refractivity (Wildman–Crippen MR) is 140 cm³/mol. The highest BCUT2D eigenvalue weighted by molar-refractivity contribution is 7.99. The van der Waals surface area contributed by atoms with Crippen LogP contribution in [0.15, 0.2) is 47.4 Å². The minimum absolute atomic E-state index is 0.0685. The minimum atomic E-state index is 0.0685. The molecule has 0 atom stereocenters. The summed E-state index contributed by atoms with van der Waals surface area (Å²) in [6, 6.07) is 14.3. The molecule has 2 aromatic heterocycles. The third-order valence-electron chi connectivity index (χ3n) is 5.51. The van der Waals surface area contributed by atoms with Crippen molar-refractivity contribution >= 4 is 56.0 Å². The second-order valence-corrected chi connectivity index (χ2v) is 10.7. The lowest BCUT2D eigenvalue weighted by molar-refractivity contribution is -0.118. The first-order chi connectivity index (χ1) is 15.8. The van der Waals surface area contributed by atoms with E-state index >= 15 is 0 Å². The van der Waals surface area contributed by atoms with Crippen LogP contribution in [0.25, 0.3) is 10.2 Å². The molecule has 0 fully saturated rings. The average Bonchev–Trinajstić information content (AvgIpc) is 3.35. The minimum Gasteiger partial charge on any atom is -0.286 e. The lowest BCUT2D eigenvalue weighted by Gasteiger charge is -2.20. The SMILES string of the molecule is Cc1ccc(SCCC(=O)N(CCn2nc(C)cc2C)c2nc3c(C)c(Cl)ccc3s2)cc1. The summed E-state index contributed by atoms with van der Waals surface area (Å²) < 4.78 is 2.98. The molecule has 1 amide bonds. The summed E-state index contributed by atoms with van der Waals surface area (Å²) in [6.07, 6.45) is 0.436. The van der Waals surface area contributed by atoms with Crippen molar-refractivity contribution in [1.82, 2.24) is 14.8 Å². The van der Waals surface area contributed by atoms with Crippen molar-refractivity contribution < 1.29 is 4.79 Å². The van der Waals surface area contributed by atoms with Crippen LogP contribution in [0.4, 0.5) is 5.13 Å². The quantitative estimate of drug-likeness (QED) is 0.257. The summed E-state index contributed by atoms with van der Waals surface area (Å²) in [4.78, 5) is 21.1. The number of fused-ring (bicyclic) bond motifs is 1. The second kappa shape index (κ2) is 10.3. The van der Waals surface area contributed by atoms with E-state index in [4.69, 9.17) is 16.6 Å². The Bertz CT molecular complexity index is 1280. The molecule has 2 heterocycles. The van der Waals surface area contributed by atoms with Gasteiger partial charge >= 0.3 is 0 Å². The van der Waals surface area contributed by atoms with Crippen LogP contribution in [0.2, 0.25) is 5.02 Å². The van der Waals surface area contributed by atoms with Crippen molar-refractivity contribution in [2.24, 2.45) is 0 Å². The Morgan fingerprint density at radius 2 is 1.88 bits per heavy atom. The molecule has 4 aromatic rings. The van der Waals surface area contributed by atoms with E-state index < -0.39 is 0 Å². The largest absolute Gasteiger partial charge is 0.286 e. The molecule has 0 aliphatic heterocycles. The van der Waals surface area contributed by atoms with E-state index in [9.17, 15) is 4.79 Å². The van der Waals surface area contributed by atoms with Gasteiger partial charge in [0, 0.05) is 34.3 Å². The number of carbonyl (C=O) groups is 1. The molecule has 0 aliphatic carbocycles. The van der Waals surface area contributed by atoms with Gasteiger partial charge in [-0.1, -0.05) is 40.6 Å². The number of hydrogen-bond donors (Lipinski definition) is 0. The molecule has 5 nitrogen and oxygen atoms in total. The fourth-order valence-corrected chi connectivity index (χ4v) is 5.71. The second-order valence-electron chi connectivity index (χ2n) is 8.12. The van der Waals surface area contributed by atoms with Crippen LogP contribution in [0, 0.1) is 27.7 Å². The molecule has 0 aliphatic rings. The number of aromatic nitrogens is 3. The highest BCUT2D eigenvalue weighted by Gasteiger charge is 2.21. The molecule has 2 aromatic carbocycles. The molecule has 0 N–H and O–H groups in total. The van der Waals surface area contributed by atoms with Gasteiger partial charge in [0.05, 0.1) is 22.5 Å². The molecule has 172 valence electrons. The van der Waals surface area contributed by atoms with Crippen molar-refractivity contribution in [2.75, 3.05) is 17.2 Å². The topological polar surface area (TPSA) is 51.0 Å². The molecule has 0 radical (unpaired) electrons. The Morgan fingerprint density at radius 3 is 2.58 bits per heavy atom. The number of rotatable bonds is 8. The number of halogens is 1. The van der Waals surface area contributed by atoms with Crippen molar-refractivity contribution in [3.05, 3.63) is 70.0 Å². The summed E-state index contributed by atoms with van der Waals surface area (Å²) in [7, 11) is 0. The zero-order valence-electron chi connectivity index (χ0n) is 19.3. The summed E-state index contributed by atoms with van der Waals surface area (Å²) in [6.45, 7) is 9.19. The van der Waals surface area contributed by atoms with Crippen LogP contribution in [-0.4, -0.2) is 33.0 Å². The van der Waals surface area contributed by atoms with Crippen LogP contribution in [0.3, 0.4) is 0 Å². The number of aryl methyl sites for hydroxylation is 4. The Hall–Kier alpha value is -2.35. The van der Waals surface area contributed by atoms with Gasteiger partial charge in [0.15, 0.2) is 5.13 Å². The standard InChI is InChI=1S/C25H27ClN4OS2/c1-16-5-7-20(8-6-16)32-14-11-23(31)29(12-13-30-18(3)15-17(2)28-30)25-27-24-19(4)21(26)9-10-22(24)33-25/h5-10,15H,11-14H2,1-4H3. The lowest BCUT2D eigenvalue weighted by atomic mass is 10.2. The zero-order chi connectivity index (χ0) is 23.5. The Kier molecular flexibility index (Phi) is 7.41. The normalized spacial score (nSPS) is 11.3. The number of nitrogens with zero attached hydrogens (tertiary/aromatic N) is 4. The number of anilines is 1. The summed E-state index contributed by atoms with van der Waals surface area (Å²) in [5.41, 5.74) is 5.10. The van der Waals surface area contributed by atoms with E-state index in [1.165, 1.54) is 21.8 Å². The molecule has 0 saturated carbocycles. The van der Waals surface area contributed by atoms with Gasteiger partial charge in [0.2, 0.25) is 5.91 Å². The first-order valence-corrected chi connectivity index (χ1v) is 13.1. The van der Waals surface area contributed by atoms with Gasteiger partial charge in [-0.2, -0.15) is 5.10 Å². The van der Waals surface area contributed by atoms with Crippen molar-refractivity contribution in [3.8, 4) is 0 Å². The average molecular weight is 499 g/mol. The van der Waals surface area contributed by atoms with E-state index in [0.717, 1.165) is 27.2 Å². The van der Waals surface area contributed by atoms with Crippen LogP contribution in [-0.2, 0) is 11.3 Å². The van der Waals surface area contributed by atoms with Gasteiger partial charge in [0.25, 0.3) is 0 Å². The van der Waals surface area contributed by atoms with Gasteiger partial charge in [-0.25, -0.2) is 4.98 Å². The molecule has 0 saturated heterocycles. The smallest absolute Gasteiger partial charge is 0.229 e. The number of carbonyl (C=O) groups excluding carboxylic acids is 1. The van der Waals surface area contributed by atoms with Crippen LogP contribution in [0.1, 0.15) is 28.9 Å². The Labute approximate surface area is 207 Å². The fraction of sp³-hybridized carbons (Fsp3) is 0.320. The summed E-state index contributed by atoms with van der Waals surface area (Å²) in [5, 5.41) is 5.95. The van der Waals surface area contributed by atoms with E-state index in [1.54, 1.807) is 11.8 Å². The van der Waals surface area contributed by atoms with Gasteiger partial charge in [-0.15, -0.1) is 11.8 Å². The predicted octanol–water partition coefficient (Wildman–Crippen LogP) is 6.60. The number of amides is 1. The monoisotopic (exact) mass is 498 g/mol. The van der Waals surface area contributed by atoms with Crippen molar-refractivity contribution in [3.63, 3.8) is 0 Å². The molecule has 0 spiro atoms. The summed E-state index contributed by atoms with van der Waals surface area (Å²) >= 11 is 9.54. The van der Waals surface area contributed by atoms with E-state index in [1.807, 2.05) is 48.6 Å². The van der Waals surface area contributed by atoms with Gasteiger partial charge < -0.3 is 0 Å².